The van der Waals surface area contributed by atoms with Crippen LogP contribution in [-0.2, 0) is 22.6 Å². The first-order valence-corrected chi connectivity index (χ1v) is 16.0. The Morgan fingerprint density at radius 3 is 2.35 bits per heavy atom. The van der Waals surface area contributed by atoms with Gasteiger partial charge in [-0.25, -0.2) is 0 Å². The Labute approximate surface area is 272 Å². The summed E-state index contributed by atoms with van der Waals surface area (Å²) >= 11 is 6.10. The van der Waals surface area contributed by atoms with Gasteiger partial charge in [0.2, 0.25) is 11.8 Å². The van der Waals surface area contributed by atoms with E-state index in [-0.39, 0.29) is 29.4 Å². The van der Waals surface area contributed by atoms with Crippen LogP contribution < -0.4 is 15.6 Å². The molecule has 0 saturated carbocycles. The number of hydrogen-bond donors (Lipinski definition) is 1. The predicted octanol–water partition coefficient (Wildman–Crippen LogP) is 4.88. The van der Waals surface area contributed by atoms with Crippen LogP contribution in [0, 0.1) is 13.8 Å². The molecule has 238 valence electrons. The number of rotatable bonds is 8. The van der Waals surface area contributed by atoms with Crippen LogP contribution in [0.3, 0.4) is 0 Å². The van der Waals surface area contributed by atoms with E-state index in [0.29, 0.717) is 55.1 Å². The maximum Gasteiger partial charge on any atom is 0.287 e. The van der Waals surface area contributed by atoms with E-state index in [1.807, 2.05) is 43.0 Å². The first-order chi connectivity index (χ1) is 22.2. The molecule has 1 atom stereocenters. The molecule has 6 rings (SSSR count). The molecule has 0 aliphatic carbocycles. The van der Waals surface area contributed by atoms with Crippen molar-refractivity contribution in [2.24, 2.45) is 0 Å². The summed E-state index contributed by atoms with van der Waals surface area (Å²) in [5.41, 5.74) is 4.89. The highest BCUT2D eigenvalue weighted by Crippen LogP contribution is 2.26. The van der Waals surface area contributed by atoms with Crippen molar-refractivity contribution in [1.82, 2.24) is 15.1 Å². The number of likely N-dealkylation sites (tertiary alicyclic amines) is 1. The zero-order valence-electron chi connectivity index (χ0n) is 26.1. The summed E-state index contributed by atoms with van der Waals surface area (Å²) in [6, 6.07) is 19.1. The fourth-order valence-electron chi connectivity index (χ4n) is 6.23. The van der Waals surface area contributed by atoms with Gasteiger partial charge in [0.15, 0.2) is 11.2 Å². The van der Waals surface area contributed by atoms with E-state index in [9.17, 15) is 19.2 Å². The Bertz CT molecular complexity index is 1850. The number of anilines is 1. The molecule has 3 aromatic carbocycles. The van der Waals surface area contributed by atoms with Crippen molar-refractivity contribution >= 4 is 46.0 Å². The molecule has 3 amide bonds. The highest BCUT2D eigenvalue weighted by atomic mass is 35.5. The molecule has 2 fully saturated rings. The van der Waals surface area contributed by atoms with Crippen LogP contribution in [0.25, 0.3) is 11.0 Å². The maximum atomic E-state index is 14.0. The number of benzene rings is 3. The van der Waals surface area contributed by atoms with Crippen LogP contribution in [0.4, 0.5) is 5.69 Å². The molecule has 2 aliphatic heterocycles. The van der Waals surface area contributed by atoms with Crippen LogP contribution in [-0.4, -0.2) is 66.3 Å². The second kappa shape index (κ2) is 13.4. The van der Waals surface area contributed by atoms with Gasteiger partial charge in [-0.15, -0.1) is 0 Å². The second-order valence-electron chi connectivity index (χ2n) is 12.1. The number of nitrogens with one attached hydrogen (secondary N) is 1. The average molecular weight is 641 g/mol. The molecule has 1 aromatic heterocycles. The Morgan fingerprint density at radius 1 is 0.913 bits per heavy atom. The van der Waals surface area contributed by atoms with Crippen molar-refractivity contribution in [2.75, 3.05) is 37.6 Å². The van der Waals surface area contributed by atoms with Crippen molar-refractivity contribution in [3.63, 3.8) is 0 Å². The standard InChI is InChI=1S/C36H37ClN4O5/c1-23-18-28-31(42)21-33(46-32(28)19-24(23)2)35(44)38-29(20-25-9-11-27(37)12-10-25)36(45)40-16-14-39(15-17-40)30-7-4-3-6-26(30)22-41-13-5-8-34(41)43/h3-4,6-7,9-12,18-19,21,29H,5,8,13-17,20,22H2,1-2H3,(H,38,44)/t29-/m0/s1. The number of nitrogens with zero attached hydrogens (tertiary/aromatic N) is 3. The summed E-state index contributed by atoms with van der Waals surface area (Å²) in [6.45, 7) is 7.32. The summed E-state index contributed by atoms with van der Waals surface area (Å²) in [5, 5.41) is 3.84. The number of amides is 3. The molecule has 9 nitrogen and oxygen atoms in total. The Balaban J connectivity index is 1.19. The van der Waals surface area contributed by atoms with E-state index in [4.69, 9.17) is 16.0 Å². The van der Waals surface area contributed by atoms with Crippen LogP contribution in [0.2, 0.25) is 5.02 Å². The SMILES string of the molecule is Cc1cc2oc(C(=O)N[C@@H](Cc3ccc(Cl)cc3)C(=O)N3CCN(c4ccccc4CN4CCCC4=O)CC3)cc(=O)c2cc1C. The maximum absolute atomic E-state index is 14.0. The molecule has 2 aliphatic rings. The smallest absolute Gasteiger partial charge is 0.287 e. The summed E-state index contributed by atoms with van der Waals surface area (Å²) in [6.07, 6.45) is 1.73. The molecule has 10 heteroatoms. The Kier molecular flexibility index (Phi) is 9.12. The van der Waals surface area contributed by atoms with Gasteiger partial charge in [0.05, 0.1) is 5.39 Å². The fourth-order valence-corrected chi connectivity index (χ4v) is 6.35. The number of piperazine rings is 1. The number of fused-ring (bicyclic) bond motifs is 1. The Morgan fingerprint density at radius 2 is 1.63 bits per heavy atom. The van der Waals surface area contributed by atoms with Crippen LogP contribution in [0.5, 0.6) is 0 Å². The minimum atomic E-state index is -0.894. The monoisotopic (exact) mass is 640 g/mol. The minimum absolute atomic E-state index is 0.146. The number of aryl methyl sites for hydroxylation is 2. The van der Waals surface area contributed by atoms with Crippen molar-refractivity contribution < 1.29 is 18.8 Å². The zero-order chi connectivity index (χ0) is 32.4. The van der Waals surface area contributed by atoms with Gasteiger partial charge < -0.3 is 24.4 Å². The molecule has 0 radical (unpaired) electrons. The highest BCUT2D eigenvalue weighted by molar-refractivity contribution is 6.30. The van der Waals surface area contributed by atoms with Gasteiger partial charge in [0.1, 0.15) is 11.6 Å². The fraction of sp³-hybridized carbons (Fsp3) is 0.333. The van der Waals surface area contributed by atoms with Crippen molar-refractivity contribution in [1.29, 1.82) is 0 Å². The molecule has 0 spiro atoms. The summed E-state index contributed by atoms with van der Waals surface area (Å²) in [7, 11) is 0. The van der Waals surface area contributed by atoms with E-state index in [1.54, 1.807) is 29.2 Å². The number of halogens is 1. The first kappa shape index (κ1) is 31.4. The van der Waals surface area contributed by atoms with Gasteiger partial charge in [-0.2, -0.15) is 0 Å². The average Bonchev–Trinajstić information content (AvgIpc) is 3.46. The minimum Gasteiger partial charge on any atom is -0.451 e. The molecule has 0 bridgehead atoms. The number of hydrogen-bond acceptors (Lipinski definition) is 6. The lowest BCUT2D eigenvalue weighted by atomic mass is 10.0. The Hall–Kier alpha value is -4.63. The third-order valence-electron chi connectivity index (χ3n) is 8.98. The molecule has 0 unspecified atom stereocenters. The molecular weight excluding hydrogens is 604 g/mol. The third-order valence-corrected chi connectivity index (χ3v) is 9.23. The van der Waals surface area contributed by atoms with Gasteiger partial charge in [-0.1, -0.05) is 41.9 Å². The normalized spacial score (nSPS) is 15.8. The van der Waals surface area contributed by atoms with Crippen molar-refractivity contribution in [3.05, 3.63) is 110 Å². The molecule has 4 aromatic rings. The van der Waals surface area contributed by atoms with Crippen LogP contribution in [0.15, 0.2) is 75.9 Å². The lowest BCUT2D eigenvalue weighted by Crippen LogP contribution is -2.55. The quantitative estimate of drug-likeness (QED) is 0.295. The number of carbonyl (C=O) groups excluding carboxylic acids is 3. The summed E-state index contributed by atoms with van der Waals surface area (Å²) in [4.78, 5) is 58.6. The lowest BCUT2D eigenvalue weighted by molar-refractivity contribution is -0.133. The second-order valence-corrected chi connectivity index (χ2v) is 12.6. The molecule has 3 heterocycles. The van der Waals surface area contributed by atoms with Crippen molar-refractivity contribution in [2.45, 2.75) is 45.7 Å². The van der Waals surface area contributed by atoms with E-state index in [2.05, 4.69) is 22.3 Å². The zero-order valence-corrected chi connectivity index (χ0v) is 26.8. The molecule has 46 heavy (non-hydrogen) atoms. The van der Waals surface area contributed by atoms with E-state index in [0.717, 1.165) is 40.9 Å². The molecular formula is C36H37ClN4O5. The first-order valence-electron chi connectivity index (χ1n) is 15.7. The van der Waals surface area contributed by atoms with E-state index >= 15 is 0 Å². The summed E-state index contributed by atoms with van der Waals surface area (Å²) < 4.78 is 5.88. The van der Waals surface area contributed by atoms with E-state index < -0.39 is 11.9 Å². The van der Waals surface area contributed by atoms with Gasteiger partial charge >= 0.3 is 0 Å². The van der Waals surface area contributed by atoms with E-state index in [1.165, 1.54) is 6.07 Å². The summed E-state index contributed by atoms with van der Waals surface area (Å²) in [5.74, 6) is -0.804. The number of para-hydroxylation sites is 1. The molecule has 2 saturated heterocycles. The third kappa shape index (κ3) is 6.79. The number of carbonyl (C=O) groups is 3. The largest absolute Gasteiger partial charge is 0.451 e. The van der Waals surface area contributed by atoms with Gasteiger partial charge in [-0.3, -0.25) is 19.2 Å². The van der Waals surface area contributed by atoms with Gasteiger partial charge in [-0.05, 0) is 72.9 Å². The van der Waals surface area contributed by atoms with Crippen molar-refractivity contribution in [3.8, 4) is 0 Å². The lowest BCUT2D eigenvalue weighted by Gasteiger charge is -2.38. The topological polar surface area (TPSA) is 103 Å². The van der Waals surface area contributed by atoms with Gasteiger partial charge in [0.25, 0.3) is 5.91 Å². The van der Waals surface area contributed by atoms with Crippen LogP contribution >= 0.6 is 11.6 Å². The van der Waals surface area contributed by atoms with Crippen LogP contribution in [0.1, 0.15) is 45.7 Å². The predicted molar refractivity (Wildman–Crippen MR) is 178 cm³/mol. The van der Waals surface area contributed by atoms with Gasteiger partial charge in [0, 0.05) is 68.9 Å². The molecule has 1 N–H and O–H groups in total. The highest BCUT2D eigenvalue weighted by Gasteiger charge is 2.31.